The van der Waals surface area contributed by atoms with Gasteiger partial charge in [0.05, 0.1) is 24.5 Å². The zero-order valence-corrected chi connectivity index (χ0v) is 16.3. The number of rotatable bonds is 5. The Labute approximate surface area is 157 Å². The van der Waals surface area contributed by atoms with E-state index in [0.717, 1.165) is 54.2 Å². The summed E-state index contributed by atoms with van der Waals surface area (Å²) in [6.45, 7) is 8.46. The van der Waals surface area contributed by atoms with E-state index in [9.17, 15) is 4.79 Å². The van der Waals surface area contributed by atoms with Crippen LogP contribution in [0, 0.1) is 6.92 Å². The number of carbonyl (C=O) groups is 1. The number of anilines is 1. The maximum absolute atomic E-state index is 12.6. The van der Waals surface area contributed by atoms with Crippen molar-refractivity contribution < 1.29 is 9.21 Å². The minimum Gasteiger partial charge on any atom is -0.468 e. The number of carbonyl (C=O) groups excluding carboxylic acids is 1. The number of amides is 1. The third-order valence-corrected chi connectivity index (χ3v) is 5.33. The van der Waals surface area contributed by atoms with Gasteiger partial charge in [-0.15, -0.1) is 0 Å². The first kappa shape index (κ1) is 18.2. The summed E-state index contributed by atoms with van der Waals surface area (Å²) in [5.41, 5.74) is 1.98. The van der Waals surface area contributed by atoms with Crippen LogP contribution in [0.25, 0.3) is 0 Å². The molecule has 1 aliphatic rings. The van der Waals surface area contributed by atoms with Gasteiger partial charge in [-0.25, -0.2) is 0 Å². The fraction of sp³-hybridized carbons (Fsp3) is 0.421. The molecule has 2 heterocycles. The number of furan rings is 1. The smallest absolute Gasteiger partial charge is 0.241 e. The van der Waals surface area contributed by atoms with E-state index in [1.54, 1.807) is 6.26 Å². The van der Waals surface area contributed by atoms with Gasteiger partial charge in [0.1, 0.15) is 5.76 Å². The molecule has 1 saturated heterocycles. The molecular weight excluding hydrogens is 382 g/mol. The van der Waals surface area contributed by atoms with E-state index in [0.29, 0.717) is 0 Å². The normalized spacial score (nSPS) is 17.4. The van der Waals surface area contributed by atoms with Crippen molar-refractivity contribution in [3.63, 3.8) is 0 Å². The lowest BCUT2D eigenvalue weighted by Gasteiger charge is -2.37. The van der Waals surface area contributed by atoms with Gasteiger partial charge in [-0.2, -0.15) is 0 Å². The highest BCUT2D eigenvalue weighted by Gasteiger charge is 2.26. The number of halogens is 1. The zero-order chi connectivity index (χ0) is 17.8. The second kappa shape index (κ2) is 8.17. The molecule has 134 valence electrons. The molecule has 1 aromatic heterocycles. The first-order chi connectivity index (χ1) is 12.0. The molecule has 6 heteroatoms. The van der Waals surface area contributed by atoms with Crippen molar-refractivity contribution in [3.8, 4) is 0 Å². The fourth-order valence-corrected chi connectivity index (χ4v) is 3.65. The molecule has 0 radical (unpaired) electrons. The molecule has 0 spiro atoms. The summed E-state index contributed by atoms with van der Waals surface area (Å²) in [6, 6.07) is 9.71. The molecule has 1 atom stereocenters. The average Bonchev–Trinajstić information content (AvgIpc) is 3.10. The first-order valence-corrected chi connectivity index (χ1v) is 9.38. The Hall–Kier alpha value is -1.63. The summed E-state index contributed by atoms with van der Waals surface area (Å²) in [7, 11) is 0. The van der Waals surface area contributed by atoms with Crippen LogP contribution < -0.4 is 5.32 Å². The van der Waals surface area contributed by atoms with Gasteiger partial charge in [0.15, 0.2) is 0 Å². The largest absolute Gasteiger partial charge is 0.468 e. The molecular formula is C19H24BrN3O2. The standard InChI is InChI=1S/C19H24BrN3O2/c1-14-5-6-18(17(20)12-14)21-19(24)15(2)23-9-7-22(8-10-23)13-16-4-3-11-25-16/h3-6,11-12,15H,7-10,13H2,1-2H3,(H,21,24)/t15-/m0/s1. The van der Waals surface area contributed by atoms with Crippen LogP contribution in [-0.4, -0.2) is 47.9 Å². The molecule has 1 aliphatic heterocycles. The van der Waals surface area contributed by atoms with Crippen LogP contribution in [-0.2, 0) is 11.3 Å². The summed E-state index contributed by atoms with van der Waals surface area (Å²) in [5.74, 6) is 1.02. The number of aryl methyl sites for hydroxylation is 1. The Morgan fingerprint density at radius 2 is 2.04 bits per heavy atom. The van der Waals surface area contributed by atoms with Gasteiger partial charge < -0.3 is 9.73 Å². The molecule has 0 unspecified atom stereocenters. The van der Waals surface area contributed by atoms with Crippen LogP contribution in [0.2, 0.25) is 0 Å². The molecule has 1 amide bonds. The van der Waals surface area contributed by atoms with Crippen molar-refractivity contribution in [2.45, 2.75) is 26.4 Å². The van der Waals surface area contributed by atoms with Crippen LogP contribution >= 0.6 is 15.9 Å². The highest BCUT2D eigenvalue weighted by atomic mass is 79.9. The Bertz CT molecular complexity index is 709. The number of hydrogen-bond acceptors (Lipinski definition) is 4. The molecule has 0 bridgehead atoms. The predicted octanol–water partition coefficient (Wildman–Crippen LogP) is 3.50. The summed E-state index contributed by atoms with van der Waals surface area (Å²) >= 11 is 3.51. The number of hydrogen-bond donors (Lipinski definition) is 1. The quantitative estimate of drug-likeness (QED) is 0.826. The van der Waals surface area contributed by atoms with Gasteiger partial charge in [0.25, 0.3) is 0 Å². The molecule has 0 aliphatic carbocycles. The summed E-state index contributed by atoms with van der Waals surface area (Å²) in [4.78, 5) is 17.2. The highest BCUT2D eigenvalue weighted by molar-refractivity contribution is 9.10. The Balaban J connectivity index is 1.51. The average molecular weight is 406 g/mol. The van der Waals surface area contributed by atoms with Gasteiger partial charge in [-0.1, -0.05) is 6.07 Å². The van der Waals surface area contributed by atoms with Gasteiger partial charge in [0.2, 0.25) is 5.91 Å². The first-order valence-electron chi connectivity index (χ1n) is 8.59. The topological polar surface area (TPSA) is 48.7 Å². The lowest BCUT2D eigenvalue weighted by Crippen LogP contribution is -2.52. The third kappa shape index (κ3) is 4.71. The molecule has 1 N–H and O–H groups in total. The fourth-order valence-electron chi connectivity index (χ4n) is 3.06. The monoisotopic (exact) mass is 405 g/mol. The number of nitrogens with zero attached hydrogens (tertiary/aromatic N) is 2. The van der Waals surface area contributed by atoms with E-state index >= 15 is 0 Å². The maximum atomic E-state index is 12.6. The van der Waals surface area contributed by atoms with Gasteiger partial charge in [-0.3, -0.25) is 14.6 Å². The van der Waals surface area contributed by atoms with E-state index in [4.69, 9.17) is 4.42 Å². The molecule has 0 saturated carbocycles. The highest BCUT2D eigenvalue weighted by Crippen LogP contribution is 2.24. The van der Waals surface area contributed by atoms with Crippen LogP contribution in [0.3, 0.4) is 0 Å². The van der Waals surface area contributed by atoms with Crippen molar-refractivity contribution >= 4 is 27.5 Å². The van der Waals surface area contributed by atoms with Crippen LogP contribution in [0.1, 0.15) is 18.2 Å². The molecule has 5 nitrogen and oxygen atoms in total. The van der Waals surface area contributed by atoms with E-state index in [1.165, 1.54) is 0 Å². The maximum Gasteiger partial charge on any atom is 0.241 e. The second-order valence-electron chi connectivity index (χ2n) is 6.54. The third-order valence-electron chi connectivity index (χ3n) is 4.68. The van der Waals surface area contributed by atoms with Crippen LogP contribution in [0.15, 0.2) is 45.5 Å². The molecule has 2 aromatic rings. The Kier molecular flexibility index (Phi) is 5.93. The van der Waals surface area contributed by atoms with Crippen molar-refractivity contribution in [2.24, 2.45) is 0 Å². The van der Waals surface area contributed by atoms with Crippen LogP contribution in [0.4, 0.5) is 5.69 Å². The van der Waals surface area contributed by atoms with Crippen molar-refractivity contribution in [1.82, 2.24) is 9.80 Å². The van der Waals surface area contributed by atoms with Crippen molar-refractivity contribution in [2.75, 3.05) is 31.5 Å². The van der Waals surface area contributed by atoms with Gasteiger partial charge >= 0.3 is 0 Å². The van der Waals surface area contributed by atoms with Crippen molar-refractivity contribution in [3.05, 3.63) is 52.4 Å². The Morgan fingerprint density at radius 1 is 1.28 bits per heavy atom. The lowest BCUT2D eigenvalue weighted by molar-refractivity contribution is -0.121. The molecule has 1 fully saturated rings. The van der Waals surface area contributed by atoms with E-state index in [1.807, 2.05) is 44.2 Å². The minimum atomic E-state index is -0.154. The number of piperazine rings is 1. The second-order valence-corrected chi connectivity index (χ2v) is 7.39. The Morgan fingerprint density at radius 3 is 2.68 bits per heavy atom. The minimum absolute atomic E-state index is 0.0315. The zero-order valence-electron chi connectivity index (χ0n) is 14.7. The van der Waals surface area contributed by atoms with Gasteiger partial charge in [0, 0.05) is 30.7 Å². The van der Waals surface area contributed by atoms with E-state index in [2.05, 4.69) is 31.0 Å². The lowest BCUT2D eigenvalue weighted by atomic mass is 10.2. The van der Waals surface area contributed by atoms with E-state index in [-0.39, 0.29) is 11.9 Å². The molecule has 25 heavy (non-hydrogen) atoms. The van der Waals surface area contributed by atoms with Crippen LogP contribution in [0.5, 0.6) is 0 Å². The summed E-state index contributed by atoms with van der Waals surface area (Å²) < 4.78 is 6.32. The number of benzene rings is 1. The van der Waals surface area contributed by atoms with E-state index < -0.39 is 0 Å². The van der Waals surface area contributed by atoms with Gasteiger partial charge in [-0.05, 0) is 59.6 Å². The predicted molar refractivity (Wildman–Crippen MR) is 103 cm³/mol. The number of nitrogens with one attached hydrogen (secondary N) is 1. The summed E-state index contributed by atoms with van der Waals surface area (Å²) in [6.07, 6.45) is 1.71. The van der Waals surface area contributed by atoms with Crippen molar-refractivity contribution in [1.29, 1.82) is 0 Å². The molecule has 1 aromatic carbocycles. The SMILES string of the molecule is Cc1ccc(NC(=O)[C@H](C)N2CCN(Cc3ccco3)CC2)c(Br)c1. The summed E-state index contributed by atoms with van der Waals surface area (Å²) in [5, 5.41) is 3.03. The molecule has 3 rings (SSSR count).